The van der Waals surface area contributed by atoms with Gasteiger partial charge in [-0.25, -0.2) is 13.8 Å². The molecule has 138 valence electrons. The average molecular weight is 369 g/mol. The van der Waals surface area contributed by atoms with Gasteiger partial charge in [0, 0.05) is 31.6 Å². The van der Waals surface area contributed by atoms with Crippen LogP contribution in [0.4, 0.5) is 14.6 Å². The first-order chi connectivity index (χ1) is 12.9. The van der Waals surface area contributed by atoms with Crippen LogP contribution in [0.25, 0.3) is 10.9 Å². The number of benzene rings is 2. The van der Waals surface area contributed by atoms with Crippen LogP contribution in [0.3, 0.4) is 0 Å². The molecule has 0 aliphatic carbocycles. The first-order valence-electron chi connectivity index (χ1n) is 8.44. The number of carbonyl (C=O) groups is 1. The summed E-state index contributed by atoms with van der Waals surface area (Å²) in [4.78, 5) is 19.3. The van der Waals surface area contributed by atoms with Crippen LogP contribution in [0.15, 0.2) is 42.5 Å². The van der Waals surface area contributed by atoms with E-state index in [0.717, 1.165) is 12.1 Å². The van der Waals surface area contributed by atoms with Crippen molar-refractivity contribution in [3.8, 4) is 5.75 Å². The van der Waals surface area contributed by atoms with Gasteiger partial charge in [-0.3, -0.25) is 4.79 Å². The van der Waals surface area contributed by atoms with Gasteiger partial charge >= 0.3 is 0 Å². The molecule has 1 amide bonds. The molecule has 1 N–H and O–H groups in total. The highest BCUT2D eigenvalue weighted by Crippen LogP contribution is 2.35. The number of pyridine rings is 1. The third kappa shape index (κ3) is 3.05. The Kier molecular flexibility index (Phi) is 4.14. The summed E-state index contributed by atoms with van der Waals surface area (Å²) in [5.41, 5.74) is 1.28. The fourth-order valence-electron chi connectivity index (χ4n) is 3.20. The number of fused-ring (bicyclic) bond motifs is 2. The van der Waals surface area contributed by atoms with Crippen LogP contribution in [0.5, 0.6) is 5.75 Å². The third-order valence-corrected chi connectivity index (χ3v) is 4.52. The molecule has 2 heterocycles. The fourth-order valence-corrected chi connectivity index (χ4v) is 3.20. The van der Waals surface area contributed by atoms with E-state index in [9.17, 15) is 13.6 Å². The summed E-state index contributed by atoms with van der Waals surface area (Å²) in [5.74, 6) is -1.07. The van der Waals surface area contributed by atoms with Crippen molar-refractivity contribution in [2.45, 2.75) is 6.04 Å². The number of aromatic nitrogens is 1. The summed E-state index contributed by atoms with van der Waals surface area (Å²) in [5, 5.41) is 3.49. The zero-order valence-corrected chi connectivity index (χ0v) is 14.8. The van der Waals surface area contributed by atoms with E-state index in [0.29, 0.717) is 22.3 Å². The molecule has 0 bridgehead atoms. The van der Waals surface area contributed by atoms with Crippen LogP contribution in [-0.4, -0.2) is 31.6 Å². The van der Waals surface area contributed by atoms with Gasteiger partial charge in [-0.2, -0.15) is 0 Å². The predicted molar refractivity (Wildman–Crippen MR) is 98.1 cm³/mol. The van der Waals surface area contributed by atoms with Crippen molar-refractivity contribution in [3.63, 3.8) is 0 Å². The maximum atomic E-state index is 14.2. The Bertz CT molecular complexity index is 1050. The largest absolute Gasteiger partial charge is 0.490 e. The quantitative estimate of drug-likeness (QED) is 0.768. The van der Waals surface area contributed by atoms with Crippen LogP contribution in [0, 0.1) is 11.6 Å². The molecule has 1 unspecified atom stereocenters. The van der Waals surface area contributed by atoms with E-state index in [-0.39, 0.29) is 23.8 Å². The van der Waals surface area contributed by atoms with Crippen molar-refractivity contribution in [2.75, 3.05) is 25.6 Å². The fraction of sp³-hybridized carbons (Fsp3) is 0.200. The number of para-hydroxylation sites is 1. The molecule has 1 aromatic heterocycles. The van der Waals surface area contributed by atoms with Crippen LogP contribution < -0.4 is 15.0 Å². The van der Waals surface area contributed by atoms with Gasteiger partial charge in [0.25, 0.3) is 5.91 Å². The minimum Gasteiger partial charge on any atom is -0.490 e. The van der Waals surface area contributed by atoms with Gasteiger partial charge in [0.2, 0.25) is 0 Å². The molecular weight excluding hydrogens is 352 g/mol. The SMILES string of the molecule is CN(C)c1cc(C(=O)NC2COc3cc(F)cc(F)c32)c2ccccc2n1. The summed E-state index contributed by atoms with van der Waals surface area (Å²) in [6.45, 7) is 0.0466. The van der Waals surface area contributed by atoms with Gasteiger partial charge in [-0.1, -0.05) is 18.2 Å². The van der Waals surface area contributed by atoms with E-state index >= 15 is 0 Å². The summed E-state index contributed by atoms with van der Waals surface area (Å²) < 4.78 is 32.9. The molecule has 1 aliphatic rings. The van der Waals surface area contributed by atoms with Crippen molar-refractivity contribution in [2.24, 2.45) is 0 Å². The van der Waals surface area contributed by atoms with Crippen LogP contribution in [-0.2, 0) is 0 Å². The van der Waals surface area contributed by atoms with E-state index < -0.39 is 17.7 Å². The summed E-state index contributed by atoms with van der Waals surface area (Å²) in [6.07, 6.45) is 0. The third-order valence-electron chi connectivity index (χ3n) is 4.52. The van der Waals surface area contributed by atoms with Gasteiger partial charge in [-0.15, -0.1) is 0 Å². The lowest BCUT2D eigenvalue weighted by atomic mass is 10.0. The maximum absolute atomic E-state index is 14.2. The Morgan fingerprint density at radius 2 is 2.00 bits per heavy atom. The average Bonchev–Trinajstić information content (AvgIpc) is 3.03. The minimum absolute atomic E-state index is 0.0466. The van der Waals surface area contributed by atoms with Crippen molar-refractivity contribution >= 4 is 22.6 Å². The highest BCUT2D eigenvalue weighted by atomic mass is 19.1. The molecule has 1 atom stereocenters. The summed E-state index contributed by atoms with van der Waals surface area (Å²) >= 11 is 0. The second-order valence-corrected chi connectivity index (χ2v) is 6.58. The lowest BCUT2D eigenvalue weighted by Crippen LogP contribution is -2.30. The van der Waals surface area contributed by atoms with Crippen molar-refractivity contribution in [3.05, 3.63) is 65.2 Å². The molecule has 7 heteroatoms. The summed E-state index contributed by atoms with van der Waals surface area (Å²) in [7, 11) is 3.67. The van der Waals surface area contributed by atoms with Crippen molar-refractivity contribution < 1.29 is 18.3 Å². The molecule has 2 aromatic carbocycles. The number of hydrogen-bond donors (Lipinski definition) is 1. The Morgan fingerprint density at radius 1 is 1.22 bits per heavy atom. The maximum Gasteiger partial charge on any atom is 0.252 e. The van der Waals surface area contributed by atoms with Crippen LogP contribution >= 0.6 is 0 Å². The van der Waals surface area contributed by atoms with E-state index in [1.54, 1.807) is 11.0 Å². The molecule has 1 aliphatic heterocycles. The molecule has 27 heavy (non-hydrogen) atoms. The molecule has 5 nitrogen and oxygen atoms in total. The highest BCUT2D eigenvalue weighted by Gasteiger charge is 2.30. The standard InChI is InChI=1S/C20H17F2N3O2/c1-25(2)18-9-13(12-5-3-4-6-15(12)23-18)20(26)24-16-10-27-17-8-11(21)7-14(22)19(16)17/h3-9,16H,10H2,1-2H3,(H,24,26). The zero-order chi connectivity index (χ0) is 19.1. The van der Waals surface area contributed by atoms with Gasteiger partial charge in [-0.05, 0) is 12.1 Å². The Morgan fingerprint density at radius 3 is 2.78 bits per heavy atom. The number of nitrogens with one attached hydrogen (secondary N) is 1. The van der Waals surface area contributed by atoms with E-state index in [1.165, 1.54) is 0 Å². The van der Waals surface area contributed by atoms with Gasteiger partial charge in [0.1, 0.15) is 29.8 Å². The number of carbonyl (C=O) groups excluding carboxylic acids is 1. The smallest absolute Gasteiger partial charge is 0.252 e. The zero-order valence-electron chi connectivity index (χ0n) is 14.8. The number of anilines is 1. The second kappa shape index (κ2) is 6.50. The first kappa shape index (κ1) is 17.2. The number of rotatable bonds is 3. The molecule has 4 rings (SSSR count). The first-order valence-corrected chi connectivity index (χ1v) is 8.44. The van der Waals surface area contributed by atoms with E-state index in [4.69, 9.17) is 4.74 Å². The predicted octanol–water partition coefficient (Wildman–Crippen LogP) is 3.44. The van der Waals surface area contributed by atoms with E-state index in [1.807, 2.05) is 38.4 Å². The molecule has 0 radical (unpaired) electrons. The number of amides is 1. The normalized spacial score (nSPS) is 15.3. The van der Waals surface area contributed by atoms with Gasteiger partial charge in [0.15, 0.2) is 0 Å². The van der Waals surface area contributed by atoms with E-state index in [2.05, 4.69) is 10.3 Å². The molecule has 0 saturated carbocycles. The van der Waals surface area contributed by atoms with Crippen molar-refractivity contribution in [1.29, 1.82) is 0 Å². The number of ether oxygens (including phenoxy) is 1. The molecule has 0 saturated heterocycles. The van der Waals surface area contributed by atoms with Crippen molar-refractivity contribution in [1.82, 2.24) is 10.3 Å². The second-order valence-electron chi connectivity index (χ2n) is 6.58. The van der Waals surface area contributed by atoms with Gasteiger partial charge < -0.3 is 15.0 Å². The number of nitrogens with zero attached hydrogens (tertiary/aromatic N) is 2. The Labute approximate surface area is 154 Å². The summed E-state index contributed by atoms with van der Waals surface area (Å²) in [6, 6.07) is 10.2. The monoisotopic (exact) mass is 369 g/mol. The lowest BCUT2D eigenvalue weighted by Gasteiger charge is -2.17. The number of hydrogen-bond acceptors (Lipinski definition) is 4. The van der Waals surface area contributed by atoms with Gasteiger partial charge in [0.05, 0.1) is 22.7 Å². The minimum atomic E-state index is -0.735. The molecule has 3 aromatic rings. The Hall–Kier alpha value is -3.22. The highest BCUT2D eigenvalue weighted by molar-refractivity contribution is 6.07. The Balaban J connectivity index is 1.71. The topological polar surface area (TPSA) is 54.5 Å². The molecular formula is C20H17F2N3O2. The molecule has 0 spiro atoms. The van der Waals surface area contributed by atoms with Crippen LogP contribution in [0.1, 0.15) is 22.0 Å². The number of halogens is 2. The molecule has 0 fully saturated rings. The lowest BCUT2D eigenvalue weighted by molar-refractivity contribution is 0.0931. The van der Waals surface area contributed by atoms with Crippen LogP contribution in [0.2, 0.25) is 0 Å².